The van der Waals surface area contributed by atoms with Crippen LogP contribution in [0.1, 0.15) is 25.3 Å². The molecule has 1 amide bonds. The molecule has 0 fully saturated rings. The van der Waals surface area contributed by atoms with Crippen molar-refractivity contribution in [2.45, 2.75) is 31.5 Å². The number of aromatic nitrogens is 3. The maximum atomic E-state index is 11.6. The number of thioether (sulfide) groups is 1. The Bertz CT molecular complexity index is 809. The van der Waals surface area contributed by atoms with Crippen LogP contribution >= 0.6 is 11.8 Å². The van der Waals surface area contributed by atoms with Gasteiger partial charge in [0.25, 0.3) is 5.22 Å². The Morgan fingerprint density at radius 1 is 1.35 bits per heavy atom. The molecule has 0 unspecified atom stereocenters. The van der Waals surface area contributed by atoms with Crippen molar-refractivity contribution in [2.75, 3.05) is 5.75 Å². The van der Waals surface area contributed by atoms with Gasteiger partial charge in [-0.15, -0.1) is 10.2 Å². The lowest BCUT2D eigenvalue weighted by atomic mass is 10.1. The van der Waals surface area contributed by atoms with Crippen molar-refractivity contribution >= 4 is 28.6 Å². The van der Waals surface area contributed by atoms with Crippen LogP contribution < -0.4 is 5.32 Å². The number of nitrogens with one attached hydrogen (secondary N) is 2. The standard InChI is InChI=1S/C16H18N4O2S/c1-10(2)18-14(21)9-23-16-20-19-15(22-16)7-11-8-17-13-6-4-3-5-12(11)13/h3-6,8,10,17H,7,9H2,1-2H3,(H,18,21). The number of aromatic amines is 1. The lowest BCUT2D eigenvalue weighted by Crippen LogP contribution is -2.31. The highest BCUT2D eigenvalue weighted by Gasteiger charge is 2.12. The van der Waals surface area contributed by atoms with Gasteiger partial charge in [-0.1, -0.05) is 30.0 Å². The van der Waals surface area contributed by atoms with Crippen molar-refractivity contribution in [3.05, 3.63) is 41.9 Å². The zero-order valence-corrected chi connectivity index (χ0v) is 13.8. The first-order valence-electron chi connectivity index (χ1n) is 7.41. The number of fused-ring (bicyclic) bond motifs is 1. The van der Waals surface area contributed by atoms with Gasteiger partial charge in [0, 0.05) is 23.1 Å². The molecule has 6 nitrogen and oxygen atoms in total. The minimum absolute atomic E-state index is 0.0404. The number of hydrogen-bond donors (Lipinski definition) is 2. The zero-order valence-electron chi connectivity index (χ0n) is 13.0. The van der Waals surface area contributed by atoms with Crippen LogP contribution in [-0.4, -0.2) is 32.9 Å². The van der Waals surface area contributed by atoms with Gasteiger partial charge in [-0.3, -0.25) is 4.79 Å². The molecule has 1 aromatic carbocycles. The van der Waals surface area contributed by atoms with Crippen molar-refractivity contribution in [1.29, 1.82) is 0 Å². The number of carbonyl (C=O) groups excluding carboxylic acids is 1. The van der Waals surface area contributed by atoms with E-state index in [-0.39, 0.29) is 17.7 Å². The third-order valence-electron chi connectivity index (χ3n) is 3.24. The van der Waals surface area contributed by atoms with E-state index in [0.29, 0.717) is 17.5 Å². The highest BCUT2D eigenvalue weighted by Crippen LogP contribution is 2.22. The van der Waals surface area contributed by atoms with Crippen LogP contribution in [0.5, 0.6) is 0 Å². The molecule has 3 aromatic rings. The van der Waals surface area contributed by atoms with E-state index in [1.54, 1.807) is 0 Å². The molecule has 2 heterocycles. The van der Waals surface area contributed by atoms with Gasteiger partial charge < -0.3 is 14.7 Å². The van der Waals surface area contributed by atoms with Gasteiger partial charge in [-0.05, 0) is 25.5 Å². The molecule has 3 rings (SSSR count). The summed E-state index contributed by atoms with van der Waals surface area (Å²) < 4.78 is 5.61. The molecule has 7 heteroatoms. The fourth-order valence-electron chi connectivity index (χ4n) is 2.30. The van der Waals surface area contributed by atoms with Crippen LogP contribution in [0.3, 0.4) is 0 Å². The number of carbonyl (C=O) groups is 1. The minimum atomic E-state index is -0.0404. The maximum absolute atomic E-state index is 11.6. The third kappa shape index (κ3) is 3.92. The average Bonchev–Trinajstić information content (AvgIpc) is 3.13. The van der Waals surface area contributed by atoms with E-state index in [1.807, 2.05) is 38.2 Å². The predicted octanol–water partition coefficient (Wildman–Crippen LogP) is 2.76. The molecule has 0 radical (unpaired) electrons. The molecule has 0 spiro atoms. The van der Waals surface area contributed by atoms with Crippen molar-refractivity contribution in [3.63, 3.8) is 0 Å². The zero-order chi connectivity index (χ0) is 16.2. The van der Waals surface area contributed by atoms with Crippen LogP contribution in [0.25, 0.3) is 10.9 Å². The van der Waals surface area contributed by atoms with Crippen LogP contribution in [0, 0.1) is 0 Å². The molecule has 23 heavy (non-hydrogen) atoms. The Balaban J connectivity index is 1.62. The van der Waals surface area contributed by atoms with Crippen molar-refractivity contribution in [3.8, 4) is 0 Å². The van der Waals surface area contributed by atoms with Crippen molar-refractivity contribution < 1.29 is 9.21 Å². The molecule has 0 saturated carbocycles. The average molecular weight is 330 g/mol. The number of rotatable bonds is 6. The molecule has 0 saturated heterocycles. The highest BCUT2D eigenvalue weighted by atomic mass is 32.2. The van der Waals surface area contributed by atoms with Crippen LogP contribution in [-0.2, 0) is 11.2 Å². The van der Waals surface area contributed by atoms with Gasteiger partial charge in [-0.25, -0.2) is 0 Å². The molecule has 2 N–H and O–H groups in total. The molecule has 0 bridgehead atoms. The summed E-state index contributed by atoms with van der Waals surface area (Å²) in [7, 11) is 0. The summed E-state index contributed by atoms with van der Waals surface area (Å²) in [5, 5.41) is 12.4. The predicted molar refractivity (Wildman–Crippen MR) is 89.4 cm³/mol. The topological polar surface area (TPSA) is 83.8 Å². The lowest BCUT2D eigenvalue weighted by Gasteiger charge is -2.06. The summed E-state index contributed by atoms with van der Waals surface area (Å²) in [5.41, 5.74) is 2.19. The van der Waals surface area contributed by atoms with E-state index in [0.717, 1.165) is 16.5 Å². The SMILES string of the molecule is CC(C)NC(=O)CSc1nnc(Cc2c[nH]c3ccccc23)o1. The van der Waals surface area contributed by atoms with Crippen molar-refractivity contribution in [2.24, 2.45) is 0 Å². The second kappa shape index (κ2) is 6.87. The van der Waals surface area contributed by atoms with E-state index in [2.05, 4.69) is 26.6 Å². The Kier molecular flexibility index (Phi) is 4.66. The van der Waals surface area contributed by atoms with Gasteiger partial charge in [0.1, 0.15) is 0 Å². The number of H-pyrrole nitrogens is 1. The van der Waals surface area contributed by atoms with Gasteiger partial charge in [0.05, 0.1) is 12.2 Å². The van der Waals surface area contributed by atoms with E-state index >= 15 is 0 Å². The Hall–Kier alpha value is -2.28. The van der Waals surface area contributed by atoms with Crippen LogP contribution in [0.2, 0.25) is 0 Å². The van der Waals surface area contributed by atoms with Gasteiger partial charge in [0.2, 0.25) is 11.8 Å². The quantitative estimate of drug-likeness (QED) is 0.679. The molecule has 0 aliphatic rings. The van der Waals surface area contributed by atoms with Gasteiger partial charge >= 0.3 is 0 Å². The summed E-state index contributed by atoms with van der Waals surface area (Å²) in [6, 6.07) is 8.21. The molecule has 0 atom stereocenters. The number of nitrogens with zero attached hydrogens (tertiary/aromatic N) is 2. The molecular weight excluding hydrogens is 312 g/mol. The number of hydrogen-bond acceptors (Lipinski definition) is 5. The maximum Gasteiger partial charge on any atom is 0.277 e. The number of amides is 1. The Morgan fingerprint density at radius 2 is 2.17 bits per heavy atom. The smallest absolute Gasteiger partial charge is 0.277 e. The van der Waals surface area contributed by atoms with E-state index in [9.17, 15) is 4.79 Å². The first-order valence-corrected chi connectivity index (χ1v) is 8.40. The Labute approximate surface area is 138 Å². The molecule has 120 valence electrons. The highest BCUT2D eigenvalue weighted by molar-refractivity contribution is 7.99. The first-order chi connectivity index (χ1) is 11.1. The summed E-state index contributed by atoms with van der Waals surface area (Å²) >= 11 is 1.25. The lowest BCUT2D eigenvalue weighted by molar-refractivity contribution is -0.119. The van der Waals surface area contributed by atoms with E-state index in [1.165, 1.54) is 11.8 Å². The summed E-state index contributed by atoms with van der Waals surface area (Å²) in [6.45, 7) is 3.85. The van der Waals surface area contributed by atoms with E-state index < -0.39 is 0 Å². The normalized spacial score (nSPS) is 11.3. The fourth-order valence-corrected chi connectivity index (χ4v) is 2.89. The molecule has 0 aliphatic carbocycles. The molecular formula is C16H18N4O2S. The number of para-hydroxylation sites is 1. The second-order valence-corrected chi connectivity index (χ2v) is 6.44. The van der Waals surface area contributed by atoms with Gasteiger partial charge in [-0.2, -0.15) is 0 Å². The molecule has 0 aliphatic heterocycles. The third-order valence-corrected chi connectivity index (χ3v) is 4.06. The van der Waals surface area contributed by atoms with Crippen LogP contribution in [0.15, 0.2) is 40.1 Å². The summed E-state index contributed by atoms with van der Waals surface area (Å²) in [4.78, 5) is 14.8. The van der Waals surface area contributed by atoms with Crippen LogP contribution in [0.4, 0.5) is 0 Å². The second-order valence-electron chi connectivity index (χ2n) is 5.51. The largest absolute Gasteiger partial charge is 0.416 e. The number of benzene rings is 1. The minimum Gasteiger partial charge on any atom is -0.416 e. The monoisotopic (exact) mass is 330 g/mol. The summed E-state index contributed by atoms with van der Waals surface area (Å²) in [6.07, 6.45) is 2.52. The summed E-state index contributed by atoms with van der Waals surface area (Å²) in [5.74, 6) is 0.773. The van der Waals surface area contributed by atoms with Crippen molar-refractivity contribution in [1.82, 2.24) is 20.5 Å². The first kappa shape index (κ1) is 15.6. The van der Waals surface area contributed by atoms with Gasteiger partial charge in [0.15, 0.2) is 0 Å². The Morgan fingerprint density at radius 3 is 3.00 bits per heavy atom. The fraction of sp³-hybridized carbons (Fsp3) is 0.312. The molecule has 2 aromatic heterocycles. The van der Waals surface area contributed by atoms with E-state index in [4.69, 9.17) is 4.42 Å².